The maximum atomic E-state index is 5.61. The predicted molar refractivity (Wildman–Crippen MR) is 64.8 cm³/mol. The summed E-state index contributed by atoms with van der Waals surface area (Å²) >= 11 is 1.40. The number of ether oxygens (including phenoxy) is 1. The molecule has 1 aromatic rings. The number of likely N-dealkylation sites (N-methyl/N-ethyl adjacent to an activating group) is 1. The first kappa shape index (κ1) is 11.8. The number of hydrogen-bond donors (Lipinski definition) is 1. The van der Waals surface area contributed by atoms with Gasteiger partial charge in [0, 0.05) is 38.3 Å². The number of nitrogens with zero attached hydrogens (tertiary/aromatic N) is 3. The molecule has 6 heteroatoms. The molecular formula is C10H18N4OS. The Kier molecular flexibility index (Phi) is 4.09. The molecule has 1 N–H and O–H groups in total. The standard InChI is InChI=1S/C10H18N4OS/c1-11-10-9(12-13-16-10)7-14(2)6-8-4-3-5-15-8/h8,11H,3-7H2,1-2H3. The lowest BCUT2D eigenvalue weighted by Crippen LogP contribution is -2.28. The zero-order chi connectivity index (χ0) is 11.4. The van der Waals surface area contributed by atoms with E-state index in [0.717, 1.165) is 30.4 Å². The molecule has 1 unspecified atom stereocenters. The van der Waals surface area contributed by atoms with Gasteiger partial charge in [0.15, 0.2) is 0 Å². The molecule has 1 aliphatic heterocycles. The first-order valence-corrected chi connectivity index (χ1v) is 6.36. The Morgan fingerprint density at radius 2 is 2.50 bits per heavy atom. The van der Waals surface area contributed by atoms with Gasteiger partial charge in [-0.25, -0.2) is 0 Å². The highest BCUT2D eigenvalue weighted by Gasteiger charge is 2.18. The summed E-state index contributed by atoms with van der Waals surface area (Å²) in [5.74, 6) is 0. The Labute approximate surface area is 100.0 Å². The van der Waals surface area contributed by atoms with Crippen LogP contribution in [0.15, 0.2) is 0 Å². The minimum atomic E-state index is 0.398. The summed E-state index contributed by atoms with van der Waals surface area (Å²) in [7, 11) is 4.00. The molecular weight excluding hydrogens is 224 g/mol. The van der Waals surface area contributed by atoms with Gasteiger partial charge >= 0.3 is 0 Å². The normalized spacial score (nSPS) is 20.6. The van der Waals surface area contributed by atoms with E-state index in [2.05, 4.69) is 26.9 Å². The Hall–Kier alpha value is -0.720. The molecule has 0 saturated carbocycles. The van der Waals surface area contributed by atoms with Crippen LogP contribution in [0, 0.1) is 0 Å². The third kappa shape index (κ3) is 2.90. The smallest absolute Gasteiger partial charge is 0.134 e. The molecule has 2 rings (SSSR count). The summed E-state index contributed by atoms with van der Waals surface area (Å²) in [4.78, 5) is 2.24. The van der Waals surface area contributed by atoms with Gasteiger partial charge in [0.05, 0.1) is 6.10 Å². The number of nitrogens with one attached hydrogen (secondary N) is 1. The molecule has 16 heavy (non-hydrogen) atoms. The minimum Gasteiger partial charge on any atom is -0.377 e. The van der Waals surface area contributed by atoms with E-state index in [1.165, 1.54) is 24.4 Å². The van der Waals surface area contributed by atoms with Gasteiger partial charge < -0.3 is 10.1 Å². The van der Waals surface area contributed by atoms with Crippen molar-refractivity contribution in [2.75, 3.05) is 32.6 Å². The van der Waals surface area contributed by atoms with E-state index in [1.807, 2.05) is 7.05 Å². The van der Waals surface area contributed by atoms with E-state index in [-0.39, 0.29) is 0 Å². The van der Waals surface area contributed by atoms with Crippen LogP contribution in [0.5, 0.6) is 0 Å². The molecule has 1 saturated heterocycles. The van der Waals surface area contributed by atoms with Crippen LogP contribution in [0.1, 0.15) is 18.5 Å². The second kappa shape index (κ2) is 5.56. The zero-order valence-corrected chi connectivity index (χ0v) is 10.6. The summed E-state index contributed by atoms with van der Waals surface area (Å²) in [5, 5.41) is 8.29. The maximum Gasteiger partial charge on any atom is 0.134 e. The summed E-state index contributed by atoms with van der Waals surface area (Å²) in [6.45, 7) is 2.71. The molecule has 0 radical (unpaired) electrons. The van der Waals surface area contributed by atoms with E-state index in [1.54, 1.807) is 0 Å². The van der Waals surface area contributed by atoms with Crippen molar-refractivity contribution in [3.05, 3.63) is 5.69 Å². The Balaban J connectivity index is 1.84. The summed E-state index contributed by atoms with van der Waals surface area (Å²) < 4.78 is 9.56. The number of rotatable bonds is 5. The van der Waals surface area contributed by atoms with Crippen LogP contribution in [0.25, 0.3) is 0 Å². The van der Waals surface area contributed by atoms with Crippen molar-refractivity contribution in [2.45, 2.75) is 25.5 Å². The van der Waals surface area contributed by atoms with Gasteiger partial charge in [0.2, 0.25) is 0 Å². The Morgan fingerprint density at radius 3 is 3.19 bits per heavy atom. The van der Waals surface area contributed by atoms with E-state index in [9.17, 15) is 0 Å². The third-order valence-electron chi connectivity index (χ3n) is 2.74. The molecule has 0 aliphatic carbocycles. The lowest BCUT2D eigenvalue weighted by molar-refractivity contribution is 0.0790. The van der Waals surface area contributed by atoms with Crippen molar-refractivity contribution >= 4 is 16.5 Å². The number of aromatic nitrogens is 2. The highest BCUT2D eigenvalue weighted by molar-refractivity contribution is 7.10. The van der Waals surface area contributed by atoms with E-state index in [4.69, 9.17) is 4.74 Å². The van der Waals surface area contributed by atoms with Crippen molar-refractivity contribution in [3.63, 3.8) is 0 Å². The van der Waals surface area contributed by atoms with Gasteiger partial charge in [-0.1, -0.05) is 4.49 Å². The highest BCUT2D eigenvalue weighted by atomic mass is 32.1. The lowest BCUT2D eigenvalue weighted by Gasteiger charge is -2.19. The average Bonchev–Trinajstić information content (AvgIpc) is 2.88. The maximum absolute atomic E-state index is 5.61. The fourth-order valence-corrected chi connectivity index (χ4v) is 2.48. The second-order valence-corrected chi connectivity index (χ2v) is 4.88. The van der Waals surface area contributed by atoms with Gasteiger partial charge in [-0.05, 0) is 19.9 Å². The van der Waals surface area contributed by atoms with Crippen LogP contribution in [0.3, 0.4) is 0 Å². The average molecular weight is 242 g/mol. The molecule has 0 spiro atoms. The zero-order valence-electron chi connectivity index (χ0n) is 9.77. The van der Waals surface area contributed by atoms with E-state index < -0.39 is 0 Å². The first-order chi connectivity index (χ1) is 7.79. The molecule has 2 heterocycles. The fourth-order valence-electron chi connectivity index (χ4n) is 1.96. The van der Waals surface area contributed by atoms with Crippen molar-refractivity contribution in [2.24, 2.45) is 0 Å². The minimum absolute atomic E-state index is 0.398. The Morgan fingerprint density at radius 1 is 1.62 bits per heavy atom. The fraction of sp³-hybridized carbons (Fsp3) is 0.800. The topological polar surface area (TPSA) is 50.3 Å². The van der Waals surface area contributed by atoms with Gasteiger partial charge in [-0.15, -0.1) is 5.10 Å². The summed E-state index contributed by atoms with van der Waals surface area (Å²) in [5.41, 5.74) is 1.02. The predicted octanol–water partition coefficient (Wildman–Crippen LogP) is 1.19. The van der Waals surface area contributed by atoms with E-state index >= 15 is 0 Å². The Bertz CT molecular complexity index is 324. The second-order valence-electron chi connectivity index (χ2n) is 4.13. The SMILES string of the molecule is CNc1snnc1CN(C)CC1CCCO1. The van der Waals surface area contributed by atoms with Crippen LogP contribution in [0.2, 0.25) is 0 Å². The molecule has 1 atom stereocenters. The molecule has 0 amide bonds. The highest BCUT2D eigenvalue weighted by Crippen LogP contribution is 2.19. The summed E-state index contributed by atoms with van der Waals surface area (Å²) in [6, 6.07) is 0. The van der Waals surface area contributed by atoms with Crippen LogP contribution in [-0.4, -0.2) is 47.8 Å². The first-order valence-electron chi connectivity index (χ1n) is 5.58. The molecule has 1 aliphatic rings. The van der Waals surface area contributed by atoms with Crippen LogP contribution >= 0.6 is 11.5 Å². The van der Waals surface area contributed by atoms with Crippen molar-refractivity contribution in [3.8, 4) is 0 Å². The summed E-state index contributed by atoms with van der Waals surface area (Å²) in [6.07, 6.45) is 2.77. The van der Waals surface area contributed by atoms with Crippen molar-refractivity contribution in [1.82, 2.24) is 14.5 Å². The molecule has 5 nitrogen and oxygen atoms in total. The van der Waals surface area contributed by atoms with Crippen molar-refractivity contribution in [1.29, 1.82) is 0 Å². The van der Waals surface area contributed by atoms with Gasteiger partial charge in [-0.3, -0.25) is 4.90 Å². The van der Waals surface area contributed by atoms with Crippen LogP contribution in [-0.2, 0) is 11.3 Å². The van der Waals surface area contributed by atoms with Crippen molar-refractivity contribution < 1.29 is 4.74 Å². The largest absolute Gasteiger partial charge is 0.377 e. The molecule has 0 bridgehead atoms. The lowest BCUT2D eigenvalue weighted by atomic mass is 10.2. The monoisotopic (exact) mass is 242 g/mol. The quantitative estimate of drug-likeness (QED) is 0.840. The van der Waals surface area contributed by atoms with Gasteiger partial charge in [0.25, 0.3) is 0 Å². The molecule has 1 aromatic heterocycles. The molecule has 90 valence electrons. The molecule has 1 fully saturated rings. The molecule has 0 aromatic carbocycles. The third-order valence-corrected chi connectivity index (χ3v) is 3.53. The number of anilines is 1. The van der Waals surface area contributed by atoms with Crippen LogP contribution < -0.4 is 5.32 Å². The van der Waals surface area contributed by atoms with E-state index in [0.29, 0.717) is 6.10 Å². The van der Waals surface area contributed by atoms with Gasteiger partial charge in [0.1, 0.15) is 10.7 Å². The van der Waals surface area contributed by atoms with Crippen LogP contribution in [0.4, 0.5) is 5.00 Å². The van der Waals surface area contributed by atoms with Gasteiger partial charge in [-0.2, -0.15) is 0 Å². The number of hydrogen-bond acceptors (Lipinski definition) is 6.